The number of aliphatic hydroxyl groups is 3. The molecule has 2 saturated heterocycles. The molecular weight excluding hydrogens is 312 g/mol. The van der Waals surface area contributed by atoms with E-state index in [-0.39, 0.29) is 0 Å². The summed E-state index contributed by atoms with van der Waals surface area (Å²) in [6.45, 7) is -0.913. The largest absolute Gasteiger partial charge is 0.465 e. The van der Waals surface area contributed by atoms with E-state index in [4.69, 9.17) is 5.11 Å². The van der Waals surface area contributed by atoms with Crippen LogP contribution in [0.1, 0.15) is 0 Å². The van der Waals surface area contributed by atoms with Gasteiger partial charge in [-0.15, -0.1) is 0 Å². The van der Waals surface area contributed by atoms with Crippen molar-refractivity contribution in [3.05, 3.63) is 0 Å². The normalized spacial score (nSPS) is 40.2. The molecule has 0 radical (unpaired) electrons. The SMILES string of the molecule is COC(=O)C1(F)OC(C(O)C(O)CO)C2NC(=O)OC2C1F. The van der Waals surface area contributed by atoms with Gasteiger partial charge in [0.15, 0.2) is 6.10 Å². The van der Waals surface area contributed by atoms with Crippen molar-refractivity contribution in [2.45, 2.75) is 42.5 Å². The molecule has 2 rings (SSSR count). The minimum Gasteiger partial charge on any atom is -0.465 e. The van der Waals surface area contributed by atoms with Gasteiger partial charge in [-0.25, -0.2) is 14.0 Å². The van der Waals surface area contributed by atoms with Gasteiger partial charge in [-0.1, -0.05) is 0 Å². The zero-order chi connectivity index (χ0) is 16.7. The summed E-state index contributed by atoms with van der Waals surface area (Å²) in [6.07, 6.45) is -11.1. The lowest BCUT2D eigenvalue weighted by Gasteiger charge is -2.43. The number of ether oxygens (including phenoxy) is 3. The van der Waals surface area contributed by atoms with Gasteiger partial charge in [0.25, 0.3) is 0 Å². The molecule has 0 bridgehead atoms. The number of esters is 1. The molecule has 0 aliphatic carbocycles. The van der Waals surface area contributed by atoms with Crippen LogP contribution < -0.4 is 5.32 Å². The molecule has 2 heterocycles. The fraction of sp³-hybridized carbons (Fsp3) is 0.818. The molecular formula is C11H15F2NO8. The van der Waals surface area contributed by atoms with Crippen LogP contribution in [-0.4, -0.2) is 83.6 Å². The molecule has 4 N–H and O–H groups in total. The standard InChI is InChI=1S/C11H15F2NO8/c1-20-9(18)11(13)8(12)7-4(14-10(19)21-7)6(22-11)5(17)3(16)2-15/h3-8,15-17H,2H2,1H3,(H,14,19). The number of fused-ring (bicyclic) bond motifs is 1. The number of rotatable bonds is 4. The van der Waals surface area contributed by atoms with Gasteiger partial charge in [-0.05, 0) is 0 Å². The summed E-state index contributed by atoms with van der Waals surface area (Å²) in [5.74, 6) is -5.36. The van der Waals surface area contributed by atoms with Gasteiger partial charge in [0.1, 0.15) is 24.4 Å². The van der Waals surface area contributed by atoms with Crippen LogP contribution in [0.25, 0.3) is 0 Å². The number of nitrogens with one attached hydrogen (secondary N) is 1. The number of carbonyl (C=O) groups excluding carboxylic acids is 2. The summed E-state index contributed by atoms with van der Waals surface area (Å²) >= 11 is 0. The Morgan fingerprint density at radius 3 is 2.73 bits per heavy atom. The molecule has 9 nitrogen and oxygen atoms in total. The molecule has 2 aliphatic rings. The van der Waals surface area contributed by atoms with Crippen molar-refractivity contribution >= 4 is 12.1 Å². The summed E-state index contributed by atoms with van der Waals surface area (Å²) in [6, 6.07) is -1.37. The van der Waals surface area contributed by atoms with Crippen LogP contribution in [0.3, 0.4) is 0 Å². The quantitative estimate of drug-likeness (QED) is 0.426. The molecule has 1 amide bonds. The van der Waals surface area contributed by atoms with E-state index < -0.39 is 61.2 Å². The minimum absolute atomic E-state index is 0.790. The van der Waals surface area contributed by atoms with Crippen LogP contribution in [0.5, 0.6) is 0 Å². The van der Waals surface area contributed by atoms with E-state index in [0.717, 1.165) is 7.11 Å². The molecule has 7 atom stereocenters. The number of alkyl carbamates (subject to hydrolysis) is 1. The van der Waals surface area contributed by atoms with Crippen molar-refractivity contribution in [2.75, 3.05) is 13.7 Å². The summed E-state index contributed by atoms with van der Waals surface area (Å²) in [7, 11) is 0.790. The number of hydrogen-bond donors (Lipinski definition) is 4. The Bertz CT molecular complexity index is 465. The first-order valence-corrected chi connectivity index (χ1v) is 6.29. The summed E-state index contributed by atoms with van der Waals surface area (Å²) < 4.78 is 42.1. The first-order chi connectivity index (χ1) is 10.3. The van der Waals surface area contributed by atoms with E-state index in [9.17, 15) is 28.6 Å². The van der Waals surface area contributed by atoms with Crippen LogP contribution in [0, 0.1) is 0 Å². The van der Waals surface area contributed by atoms with Crippen molar-refractivity contribution in [1.82, 2.24) is 5.32 Å². The lowest BCUT2D eigenvalue weighted by molar-refractivity contribution is -0.287. The van der Waals surface area contributed by atoms with Crippen molar-refractivity contribution < 1.29 is 47.9 Å². The lowest BCUT2D eigenvalue weighted by Crippen LogP contribution is -2.68. The monoisotopic (exact) mass is 327 g/mol. The number of aliphatic hydroxyl groups excluding tert-OH is 3. The van der Waals surface area contributed by atoms with E-state index in [0.29, 0.717) is 0 Å². The molecule has 0 aromatic heterocycles. The van der Waals surface area contributed by atoms with E-state index in [1.807, 2.05) is 0 Å². The average molecular weight is 327 g/mol. The van der Waals surface area contributed by atoms with Crippen molar-refractivity contribution in [3.8, 4) is 0 Å². The minimum atomic E-state index is -3.64. The molecule has 126 valence electrons. The van der Waals surface area contributed by atoms with Crippen LogP contribution in [0.15, 0.2) is 0 Å². The van der Waals surface area contributed by atoms with Gasteiger partial charge in [0.2, 0.25) is 6.17 Å². The van der Waals surface area contributed by atoms with E-state index >= 15 is 0 Å². The fourth-order valence-electron chi connectivity index (χ4n) is 2.42. The molecule has 2 aliphatic heterocycles. The van der Waals surface area contributed by atoms with Gasteiger partial charge < -0.3 is 34.8 Å². The van der Waals surface area contributed by atoms with E-state index in [2.05, 4.69) is 19.5 Å². The van der Waals surface area contributed by atoms with Gasteiger partial charge >= 0.3 is 17.9 Å². The average Bonchev–Trinajstić information content (AvgIpc) is 2.90. The fourth-order valence-corrected chi connectivity index (χ4v) is 2.42. The van der Waals surface area contributed by atoms with Gasteiger partial charge in [0, 0.05) is 0 Å². The van der Waals surface area contributed by atoms with Crippen LogP contribution in [-0.2, 0) is 19.0 Å². The highest BCUT2D eigenvalue weighted by atomic mass is 19.2. The van der Waals surface area contributed by atoms with E-state index in [1.54, 1.807) is 0 Å². The number of amides is 1. The predicted molar refractivity (Wildman–Crippen MR) is 61.9 cm³/mol. The van der Waals surface area contributed by atoms with Gasteiger partial charge in [-0.3, -0.25) is 0 Å². The second-order valence-electron chi connectivity index (χ2n) is 4.90. The zero-order valence-corrected chi connectivity index (χ0v) is 11.3. The zero-order valence-electron chi connectivity index (χ0n) is 11.3. The van der Waals surface area contributed by atoms with Crippen LogP contribution in [0.4, 0.5) is 13.6 Å². The third-order valence-electron chi connectivity index (χ3n) is 3.57. The molecule has 0 spiro atoms. The summed E-state index contributed by atoms with van der Waals surface area (Å²) in [5.41, 5.74) is 0. The van der Waals surface area contributed by atoms with Gasteiger partial charge in [-0.2, -0.15) is 4.39 Å². The first-order valence-electron chi connectivity index (χ1n) is 6.29. The molecule has 11 heteroatoms. The number of methoxy groups -OCH3 is 1. The highest BCUT2D eigenvalue weighted by Crippen LogP contribution is 2.39. The number of carbonyl (C=O) groups is 2. The highest BCUT2D eigenvalue weighted by Gasteiger charge is 2.66. The third kappa shape index (κ3) is 2.49. The van der Waals surface area contributed by atoms with Crippen molar-refractivity contribution in [1.29, 1.82) is 0 Å². The van der Waals surface area contributed by atoms with Crippen LogP contribution >= 0.6 is 0 Å². The number of halogens is 2. The Morgan fingerprint density at radius 2 is 2.18 bits per heavy atom. The number of hydrogen-bond acceptors (Lipinski definition) is 8. The molecule has 22 heavy (non-hydrogen) atoms. The second-order valence-corrected chi connectivity index (χ2v) is 4.90. The Balaban J connectivity index is 2.36. The maximum Gasteiger partial charge on any atom is 0.408 e. The Kier molecular flexibility index (Phi) is 4.52. The topological polar surface area (TPSA) is 135 Å². The summed E-state index contributed by atoms with van der Waals surface area (Å²) in [5, 5.41) is 30.2. The molecule has 2 fully saturated rings. The molecule has 0 saturated carbocycles. The Morgan fingerprint density at radius 1 is 1.55 bits per heavy atom. The van der Waals surface area contributed by atoms with Gasteiger partial charge in [0.05, 0.1) is 13.7 Å². The maximum atomic E-state index is 14.6. The number of alkyl halides is 2. The molecule has 7 unspecified atom stereocenters. The summed E-state index contributed by atoms with van der Waals surface area (Å²) in [4.78, 5) is 22.7. The van der Waals surface area contributed by atoms with E-state index in [1.165, 1.54) is 0 Å². The Labute approximate surface area is 122 Å². The lowest BCUT2D eigenvalue weighted by atomic mass is 9.88. The molecule has 0 aromatic rings. The van der Waals surface area contributed by atoms with Crippen molar-refractivity contribution in [2.24, 2.45) is 0 Å². The van der Waals surface area contributed by atoms with Crippen molar-refractivity contribution in [3.63, 3.8) is 0 Å². The smallest absolute Gasteiger partial charge is 0.408 e. The maximum absolute atomic E-state index is 14.6. The Hall–Kier alpha value is -1.56. The second kappa shape index (κ2) is 5.91. The highest BCUT2D eigenvalue weighted by molar-refractivity contribution is 5.79. The third-order valence-corrected chi connectivity index (χ3v) is 3.57. The predicted octanol–water partition coefficient (Wildman–Crippen LogP) is -2.25. The molecule has 0 aromatic carbocycles. The first kappa shape index (κ1) is 16.8. The van der Waals surface area contributed by atoms with Crippen LogP contribution in [0.2, 0.25) is 0 Å².